The van der Waals surface area contributed by atoms with Gasteiger partial charge in [0, 0.05) is 12.8 Å². The quantitative estimate of drug-likeness (QED) is 0.533. The third-order valence-electron chi connectivity index (χ3n) is 3.34. The van der Waals surface area contributed by atoms with Crippen LogP contribution < -0.4 is 0 Å². The first-order chi connectivity index (χ1) is 10.3. The highest BCUT2D eigenvalue weighted by atomic mass is 16.6. The number of aliphatic imine (C=N–C) groups is 1. The van der Waals surface area contributed by atoms with Gasteiger partial charge in [-0.3, -0.25) is 9.59 Å². The van der Waals surface area contributed by atoms with Crippen molar-refractivity contribution in [1.82, 2.24) is 0 Å². The maximum atomic E-state index is 11.9. The summed E-state index contributed by atoms with van der Waals surface area (Å²) >= 11 is 0. The Morgan fingerprint density at radius 1 is 1.27 bits per heavy atom. The molecule has 1 heterocycles. The fourth-order valence-corrected chi connectivity index (χ4v) is 2.59. The highest BCUT2D eigenvalue weighted by Gasteiger charge is 2.32. The lowest BCUT2D eigenvalue weighted by molar-refractivity contribution is -0.161. The molecule has 0 spiro atoms. The number of hydrogen-bond donors (Lipinski definition) is 0. The zero-order valence-electron chi connectivity index (χ0n) is 14.2. The Bertz CT molecular complexity index is 412. The molecular formula is C16H27NO5. The number of carbonyl (C=O) groups excluding carboxylic acids is 2. The van der Waals surface area contributed by atoms with E-state index in [9.17, 15) is 9.59 Å². The lowest BCUT2D eigenvalue weighted by Gasteiger charge is -2.31. The predicted molar refractivity (Wildman–Crippen MR) is 82.7 cm³/mol. The van der Waals surface area contributed by atoms with Crippen LogP contribution in [0.25, 0.3) is 0 Å². The van der Waals surface area contributed by atoms with Crippen LogP contribution in [-0.4, -0.2) is 42.7 Å². The van der Waals surface area contributed by atoms with Gasteiger partial charge in [-0.2, -0.15) is 0 Å². The third-order valence-corrected chi connectivity index (χ3v) is 3.34. The van der Waals surface area contributed by atoms with Crippen molar-refractivity contribution >= 4 is 17.8 Å². The van der Waals surface area contributed by atoms with Crippen LogP contribution in [0.2, 0.25) is 0 Å². The fourth-order valence-electron chi connectivity index (χ4n) is 2.59. The van der Waals surface area contributed by atoms with Gasteiger partial charge in [0.15, 0.2) is 11.8 Å². The Labute approximate surface area is 132 Å². The summed E-state index contributed by atoms with van der Waals surface area (Å²) in [5.41, 5.74) is -0.184. The highest BCUT2D eigenvalue weighted by Crippen LogP contribution is 2.26. The van der Waals surface area contributed by atoms with Crippen molar-refractivity contribution in [3.8, 4) is 0 Å². The number of carbonyl (C=O) groups is 2. The first kappa shape index (κ1) is 18.5. The summed E-state index contributed by atoms with van der Waals surface area (Å²) in [7, 11) is 0. The number of nitrogens with zero attached hydrogens (tertiary/aromatic N) is 1. The van der Waals surface area contributed by atoms with Gasteiger partial charge in [0.2, 0.25) is 0 Å². The summed E-state index contributed by atoms with van der Waals surface area (Å²) < 4.78 is 15.6. The molecule has 0 aromatic heterocycles. The highest BCUT2D eigenvalue weighted by molar-refractivity contribution is 5.95. The Balaban J connectivity index is 2.72. The Morgan fingerprint density at radius 2 is 1.82 bits per heavy atom. The van der Waals surface area contributed by atoms with Gasteiger partial charge >= 0.3 is 11.9 Å². The number of rotatable bonds is 7. The predicted octanol–water partition coefficient (Wildman–Crippen LogP) is 2.49. The van der Waals surface area contributed by atoms with E-state index in [-0.39, 0.29) is 31.3 Å². The molecule has 0 N–H and O–H groups in total. The van der Waals surface area contributed by atoms with Gasteiger partial charge in [-0.1, -0.05) is 0 Å². The standard InChI is InChI=1S/C16H27NO5/c1-6-20-14(18)12(15(19)21-7-2)8-9-13-17-16(4,5)10-11(3)22-13/h11-12H,6-10H2,1-5H3/t11-/m0/s1. The average molecular weight is 313 g/mol. The van der Waals surface area contributed by atoms with Crippen molar-refractivity contribution in [3.63, 3.8) is 0 Å². The summed E-state index contributed by atoms with van der Waals surface area (Å²) in [6.45, 7) is 9.95. The Hall–Kier alpha value is -1.59. The molecule has 0 aromatic rings. The van der Waals surface area contributed by atoms with E-state index in [1.165, 1.54) is 0 Å². The van der Waals surface area contributed by atoms with Gasteiger partial charge in [0.1, 0.15) is 0 Å². The van der Waals surface area contributed by atoms with E-state index in [4.69, 9.17) is 14.2 Å². The summed E-state index contributed by atoms with van der Waals surface area (Å²) in [6.07, 6.45) is 1.61. The van der Waals surface area contributed by atoms with Crippen molar-refractivity contribution < 1.29 is 23.8 Å². The van der Waals surface area contributed by atoms with Crippen LogP contribution >= 0.6 is 0 Å². The van der Waals surface area contributed by atoms with Crippen molar-refractivity contribution in [2.24, 2.45) is 10.9 Å². The van der Waals surface area contributed by atoms with E-state index in [1.54, 1.807) is 13.8 Å². The molecule has 1 aliphatic heterocycles. The molecule has 1 aliphatic rings. The largest absolute Gasteiger partial charge is 0.478 e. The second-order valence-electron chi connectivity index (χ2n) is 6.05. The molecule has 0 saturated carbocycles. The summed E-state index contributed by atoms with van der Waals surface area (Å²) in [6, 6.07) is 0. The van der Waals surface area contributed by atoms with E-state index in [0.29, 0.717) is 12.3 Å². The molecule has 126 valence electrons. The van der Waals surface area contributed by atoms with Crippen LogP contribution in [-0.2, 0) is 23.8 Å². The topological polar surface area (TPSA) is 74.2 Å². The molecule has 6 nitrogen and oxygen atoms in total. The minimum absolute atomic E-state index is 0.0751. The molecule has 0 bridgehead atoms. The van der Waals surface area contributed by atoms with Gasteiger partial charge < -0.3 is 14.2 Å². The monoisotopic (exact) mass is 313 g/mol. The molecule has 1 rings (SSSR count). The lowest BCUT2D eigenvalue weighted by Crippen LogP contribution is -2.35. The van der Waals surface area contributed by atoms with Gasteiger partial charge in [0.25, 0.3) is 0 Å². The van der Waals surface area contributed by atoms with E-state index >= 15 is 0 Å². The summed E-state index contributed by atoms with van der Waals surface area (Å²) in [4.78, 5) is 28.4. The van der Waals surface area contributed by atoms with Crippen LogP contribution in [0, 0.1) is 5.92 Å². The van der Waals surface area contributed by atoms with Crippen molar-refractivity contribution in [2.45, 2.75) is 65.5 Å². The number of esters is 2. The van der Waals surface area contributed by atoms with E-state index in [2.05, 4.69) is 4.99 Å². The first-order valence-corrected chi connectivity index (χ1v) is 7.87. The molecule has 0 radical (unpaired) electrons. The molecule has 0 amide bonds. The van der Waals surface area contributed by atoms with Crippen molar-refractivity contribution in [1.29, 1.82) is 0 Å². The van der Waals surface area contributed by atoms with Gasteiger partial charge in [-0.25, -0.2) is 4.99 Å². The molecule has 0 aromatic carbocycles. The van der Waals surface area contributed by atoms with Crippen LogP contribution in [0.15, 0.2) is 4.99 Å². The van der Waals surface area contributed by atoms with E-state index < -0.39 is 17.9 Å². The Morgan fingerprint density at radius 3 is 2.27 bits per heavy atom. The normalized spacial score (nSPS) is 20.1. The summed E-state index contributed by atoms with van der Waals surface area (Å²) in [5, 5.41) is 0. The molecule has 6 heteroatoms. The molecule has 0 unspecified atom stereocenters. The zero-order chi connectivity index (χ0) is 16.8. The van der Waals surface area contributed by atoms with Crippen LogP contribution in [0.3, 0.4) is 0 Å². The molecule has 22 heavy (non-hydrogen) atoms. The van der Waals surface area contributed by atoms with Crippen LogP contribution in [0.5, 0.6) is 0 Å². The summed E-state index contributed by atoms with van der Waals surface area (Å²) in [5.74, 6) is -1.44. The van der Waals surface area contributed by atoms with Gasteiger partial charge in [0.05, 0.1) is 24.9 Å². The maximum Gasteiger partial charge on any atom is 0.320 e. The smallest absolute Gasteiger partial charge is 0.320 e. The fraction of sp³-hybridized carbons (Fsp3) is 0.812. The zero-order valence-corrected chi connectivity index (χ0v) is 14.2. The van der Waals surface area contributed by atoms with Crippen LogP contribution in [0.1, 0.15) is 53.9 Å². The van der Waals surface area contributed by atoms with Crippen LogP contribution in [0.4, 0.5) is 0 Å². The maximum absolute atomic E-state index is 11.9. The lowest BCUT2D eigenvalue weighted by atomic mass is 9.96. The molecule has 0 saturated heterocycles. The number of ether oxygens (including phenoxy) is 3. The minimum atomic E-state index is -0.924. The Kier molecular flexibility index (Phi) is 6.84. The molecule has 0 fully saturated rings. The number of hydrogen-bond acceptors (Lipinski definition) is 6. The first-order valence-electron chi connectivity index (χ1n) is 7.87. The third kappa shape index (κ3) is 5.66. The molecule has 1 atom stereocenters. The minimum Gasteiger partial charge on any atom is -0.478 e. The average Bonchev–Trinajstić information content (AvgIpc) is 2.37. The van der Waals surface area contributed by atoms with Gasteiger partial charge in [-0.15, -0.1) is 0 Å². The second kappa shape index (κ2) is 8.15. The molecule has 0 aliphatic carbocycles. The van der Waals surface area contributed by atoms with E-state index in [0.717, 1.165) is 6.42 Å². The van der Waals surface area contributed by atoms with E-state index in [1.807, 2.05) is 20.8 Å². The van der Waals surface area contributed by atoms with Crippen molar-refractivity contribution in [2.75, 3.05) is 13.2 Å². The van der Waals surface area contributed by atoms with Gasteiger partial charge in [-0.05, 0) is 41.0 Å². The second-order valence-corrected chi connectivity index (χ2v) is 6.05. The molecular weight excluding hydrogens is 286 g/mol. The van der Waals surface area contributed by atoms with Crippen molar-refractivity contribution in [3.05, 3.63) is 0 Å². The SMILES string of the molecule is CCOC(=O)C(CCC1=NC(C)(C)C[C@H](C)O1)C(=O)OCC.